The summed E-state index contributed by atoms with van der Waals surface area (Å²) in [4.78, 5) is 0. The fourth-order valence-electron chi connectivity index (χ4n) is 2.69. The van der Waals surface area contributed by atoms with Crippen molar-refractivity contribution in [1.29, 1.82) is 0 Å². The minimum absolute atomic E-state index is 0.00477. The van der Waals surface area contributed by atoms with E-state index < -0.39 is 11.9 Å². The maximum absolute atomic E-state index is 12.5. The van der Waals surface area contributed by atoms with Gasteiger partial charge in [0.05, 0.1) is 6.04 Å². The summed E-state index contributed by atoms with van der Waals surface area (Å²) in [5.41, 5.74) is 4.88. The molecule has 6 heteroatoms. The number of halogens is 3. The number of nitrogens with zero attached hydrogens (tertiary/aromatic N) is 2. The highest BCUT2D eigenvalue weighted by molar-refractivity contribution is 5.04. The molecule has 0 radical (unpaired) electrons. The van der Waals surface area contributed by atoms with Gasteiger partial charge in [-0.05, 0) is 37.3 Å². The van der Waals surface area contributed by atoms with Crippen LogP contribution in [0.5, 0.6) is 0 Å². The van der Waals surface area contributed by atoms with Crippen molar-refractivity contribution in [2.24, 2.45) is 17.6 Å². The first-order chi connectivity index (χ1) is 8.41. The van der Waals surface area contributed by atoms with E-state index in [1.165, 1.54) is 10.9 Å². The molecule has 0 spiro atoms. The van der Waals surface area contributed by atoms with Gasteiger partial charge in [-0.15, -0.1) is 0 Å². The van der Waals surface area contributed by atoms with Gasteiger partial charge in [0.25, 0.3) is 0 Å². The number of hydrogen-bond donors (Lipinski definition) is 1. The molecule has 1 aromatic rings. The smallest absolute Gasteiger partial charge is 0.330 e. The van der Waals surface area contributed by atoms with Gasteiger partial charge in [-0.1, -0.05) is 13.3 Å². The second-order valence-electron chi connectivity index (χ2n) is 5.16. The quantitative estimate of drug-likeness (QED) is 0.889. The van der Waals surface area contributed by atoms with Crippen molar-refractivity contribution in [1.82, 2.24) is 9.78 Å². The Hall–Kier alpha value is -1.04. The molecule has 1 aliphatic rings. The Morgan fingerprint density at radius 2 is 2.17 bits per heavy atom. The Bertz CT molecular complexity index is 400. The molecule has 0 aliphatic heterocycles. The van der Waals surface area contributed by atoms with Gasteiger partial charge in [0.1, 0.15) is 0 Å². The van der Waals surface area contributed by atoms with E-state index in [1.807, 2.05) is 0 Å². The number of alkyl halides is 3. The van der Waals surface area contributed by atoms with E-state index in [0.29, 0.717) is 12.5 Å². The molecule has 1 heterocycles. The van der Waals surface area contributed by atoms with Crippen molar-refractivity contribution in [2.45, 2.75) is 38.4 Å². The van der Waals surface area contributed by atoms with Gasteiger partial charge in [0.15, 0.2) is 5.69 Å². The summed E-state index contributed by atoms with van der Waals surface area (Å²) in [6.45, 7) is 2.62. The fourth-order valence-corrected chi connectivity index (χ4v) is 2.69. The fraction of sp³-hybridized carbons (Fsp3) is 0.750. The van der Waals surface area contributed by atoms with Crippen LogP contribution < -0.4 is 5.73 Å². The molecule has 1 aliphatic carbocycles. The highest BCUT2D eigenvalue weighted by Crippen LogP contribution is 2.37. The summed E-state index contributed by atoms with van der Waals surface area (Å²) < 4.78 is 39.0. The van der Waals surface area contributed by atoms with Crippen LogP contribution in [0.15, 0.2) is 12.3 Å². The minimum atomic E-state index is -4.37. The van der Waals surface area contributed by atoms with Crippen molar-refractivity contribution in [2.75, 3.05) is 6.54 Å². The van der Waals surface area contributed by atoms with E-state index in [9.17, 15) is 13.2 Å². The van der Waals surface area contributed by atoms with Crippen molar-refractivity contribution in [3.8, 4) is 0 Å². The second kappa shape index (κ2) is 4.91. The zero-order valence-corrected chi connectivity index (χ0v) is 10.3. The predicted molar refractivity (Wildman–Crippen MR) is 61.8 cm³/mol. The van der Waals surface area contributed by atoms with E-state index in [4.69, 9.17) is 5.73 Å². The molecule has 0 saturated heterocycles. The van der Waals surface area contributed by atoms with Gasteiger partial charge in [-0.3, -0.25) is 4.68 Å². The highest BCUT2D eigenvalue weighted by atomic mass is 19.4. The zero-order valence-electron chi connectivity index (χ0n) is 10.3. The third-order valence-corrected chi connectivity index (χ3v) is 3.76. The van der Waals surface area contributed by atoms with Crippen LogP contribution in [0.2, 0.25) is 0 Å². The topological polar surface area (TPSA) is 43.8 Å². The van der Waals surface area contributed by atoms with Gasteiger partial charge in [-0.25, -0.2) is 0 Å². The summed E-state index contributed by atoms with van der Waals surface area (Å²) in [5, 5.41) is 3.67. The average Bonchev–Trinajstić information content (AvgIpc) is 2.77. The molecule has 1 aromatic heterocycles. The molecule has 102 valence electrons. The van der Waals surface area contributed by atoms with Gasteiger partial charge < -0.3 is 5.73 Å². The molecule has 2 N–H and O–H groups in total. The van der Waals surface area contributed by atoms with Gasteiger partial charge in [-0.2, -0.15) is 18.3 Å². The number of hydrogen-bond acceptors (Lipinski definition) is 2. The van der Waals surface area contributed by atoms with Gasteiger partial charge in [0.2, 0.25) is 0 Å². The van der Waals surface area contributed by atoms with E-state index in [1.54, 1.807) is 0 Å². The molecule has 3 nitrogen and oxygen atoms in total. The normalized spacial score (nSPS) is 29.5. The highest BCUT2D eigenvalue weighted by Gasteiger charge is 2.36. The van der Waals surface area contributed by atoms with E-state index in [-0.39, 0.29) is 12.0 Å². The lowest BCUT2D eigenvalue weighted by Gasteiger charge is -2.34. The summed E-state index contributed by atoms with van der Waals surface area (Å²) >= 11 is 0. The molecule has 0 amide bonds. The summed E-state index contributed by atoms with van der Waals surface area (Å²) in [6.07, 6.45) is -0.0475. The molecule has 18 heavy (non-hydrogen) atoms. The Kier molecular flexibility index (Phi) is 3.66. The van der Waals surface area contributed by atoms with Crippen LogP contribution in [-0.4, -0.2) is 16.3 Å². The third kappa shape index (κ3) is 2.68. The van der Waals surface area contributed by atoms with Crippen LogP contribution in [0, 0.1) is 11.8 Å². The first-order valence-corrected chi connectivity index (χ1v) is 6.24. The van der Waals surface area contributed by atoms with Crippen LogP contribution in [0.4, 0.5) is 13.2 Å². The van der Waals surface area contributed by atoms with Crippen molar-refractivity contribution in [3.05, 3.63) is 18.0 Å². The molecular formula is C12H18F3N3. The van der Waals surface area contributed by atoms with E-state index in [2.05, 4.69) is 12.0 Å². The summed E-state index contributed by atoms with van der Waals surface area (Å²) in [5.74, 6) is 0.735. The first kappa shape index (κ1) is 13.4. The third-order valence-electron chi connectivity index (χ3n) is 3.76. The van der Waals surface area contributed by atoms with Crippen molar-refractivity contribution in [3.63, 3.8) is 0 Å². The number of aromatic nitrogens is 2. The Balaban J connectivity index is 2.20. The Morgan fingerprint density at radius 1 is 1.44 bits per heavy atom. The van der Waals surface area contributed by atoms with Crippen molar-refractivity contribution >= 4 is 0 Å². The molecule has 3 atom stereocenters. The lowest BCUT2D eigenvalue weighted by atomic mass is 9.79. The minimum Gasteiger partial charge on any atom is -0.330 e. The summed E-state index contributed by atoms with van der Waals surface area (Å²) in [6, 6.07) is 1.03. The van der Waals surface area contributed by atoms with E-state index >= 15 is 0 Å². The Morgan fingerprint density at radius 3 is 2.72 bits per heavy atom. The monoisotopic (exact) mass is 261 g/mol. The van der Waals surface area contributed by atoms with Gasteiger partial charge >= 0.3 is 6.18 Å². The number of rotatable bonds is 2. The summed E-state index contributed by atoms with van der Waals surface area (Å²) in [7, 11) is 0. The van der Waals surface area contributed by atoms with Crippen LogP contribution in [-0.2, 0) is 6.18 Å². The van der Waals surface area contributed by atoms with Crippen LogP contribution in [0.25, 0.3) is 0 Å². The average molecular weight is 261 g/mol. The lowest BCUT2D eigenvalue weighted by Crippen LogP contribution is -2.32. The molecule has 3 unspecified atom stereocenters. The number of nitrogens with two attached hydrogens (primary N) is 1. The molecule has 1 saturated carbocycles. The van der Waals surface area contributed by atoms with Crippen LogP contribution in [0.1, 0.15) is 37.9 Å². The SMILES string of the molecule is CC1CCC(CN)C(n2ccc(C(F)(F)F)n2)C1. The van der Waals surface area contributed by atoms with Crippen LogP contribution in [0.3, 0.4) is 0 Å². The molecule has 1 fully saturated rings. The van der Waals surface area contributed by atoms with Gasteiger partial charge in [0, 0.05) is 6.20 Å². The zero-order chi connectivity index (χ0) is 13.3. The standard InChI is InChI=1S/C12H18F3N3/c1-8-2-3-9(7-16)10(6-8)18-5-4-11(17-18)12(13,14)15/h4-5,8-10H,2-3,6-7,16H2,1H3. The van der Waals surface area contributed by atoms with Crippen molar-refractivity contribution < 1.29 is 13.2 Å². The predicted octanol–water partition coefficient (Wildman–Crippen LogP) is 2.84. The molecule has 2 rings (SSSR count). The molecule has 0 aromatic carbocycles. The molecule has 0 bridgehead atoms. The maximum atomic E-state index is 12.5. The molecular weight excluding hydrogens is 243 g/mol. The lowest BCUT2D eigenvalue weighted by molar-refractivity contribution is -0.141. The first-order valence-electron chi connectivity index (χ1n) is 6.24. The Labute approximate surface area is 104 Å². The van der Waals surface area contributed by atoms with Crippen LogP contribution >= 0.6 is 0 Å². The maximum Gasteiger partial charge on any atom is 0.435 e. The largest absolute Gasteiger partial charge is 0.435 e. The van der Waals surface area contributed by atoms with E-state index in [0.717, 1.165) is 25.3 Å². The second-order valence-corrected chi connectivity index (χ2v) is 5.16.